The molecule has 0 aliphatic carbocycles. The molecule has 6 heteroatoms. The van der Waals surface area contributed by atoms with Gasteiger partial charge in [0.2, 0.25) is 0 Å². The summed E-state index contributed by atoms with van der Waals surface area (Å²) in [6, 6.07) is 17.2. The Hall–Kier alpha value is -2.70. The molecular weight excluding hydrogens is 354 g/mol. The molecule has 1 aliphatic heterocycles. The first-order valence-electron chi connectivity index (χ1n) is 9.72. The maximum Gasteiger partial charge on any atom is 0.254 e. The largest absolute Gasteiger partial charge is 0.366 e. The van der Waals surface area contributed by atoms with Gasteiger partial charge in [-0.3, -0.25) is 14.5 Å². The molecule has 0 aromatic heterocycles. The molecule has 2 N–H and O–H groups in total. The lowest BCUT2D eigenvalue weighted by Gasteiger charge is -2.32. The molecule has 2 aromatic rings. The van der Waals surface area contributed by atoms with E-state index in [-0.39, 0.29) is 11.8 Å². The number of hydrogen-bond donors (Lipinski definition) is 2. The van der Waals surface area contributed by atoms with Crippen molar-refractivity contribution in [3.8, 4) is 0 Å². The van der Waals surface area contributed by atoms with Crippen molar-refractivity contribution in [1.29, 1.82) is 0 Å². The maximum atomic E-state index is 12.7. The number of amides is 2. The molecule has 1 aliphatic rings. The summed E-state index contributed by atoms with van der Waals surface area (Å²) < 4.78 is 5.68. The van der Waals surface area contributed by atoms with Crippen molar-refractivity contribution in [3.63, 3.8) is 0 Å². The first-order chi connectivity index (χ1) is 13.7. The number of carbonyl (C=O) groups is 2. The van der Waals surface area contributed by atoms with Gasteiger partial charge in [0, 0.05) is 37.4 Å². The molecule has 6 nitrogen and oxygen atoms in total. The molecule has 1 unspecified atom stereocenters. The SMILES string of the molecule is CCCNC(=O)c1cccc(NC(=O)C2CN(Cc3ccccc3)CCO2)c1. The zero-order chi connectivity index (χ0) is 19.8. The van der Waals surface area contributed by atoms with Gasteiger partial charge in [-0.05, 0) is 30.2 Å². The molecule has 28 heavy (non-hydrogen) atoms. The zero-order valence-electron chi connectivity index (χ0n) is 16.2. The number of nitrogens with zero attached hydrogens (tertiary/aromatic N) is 1. The first-order valence-corrected chi connectivity index (χ1v) is 9.72. The molecule has 2 amide bonds. The summed E-state index contributed by atoms with van der Waals surface area (Å²) in [5.74, 6) is -0.329. The fourth-order valence-electron chi connectivity index (χ4n) is 3.15. The minimum absolute atomic E-state index is 0.138. The second kappa shape index (κ2) is 10.0. The van der Waals surface area contributed by atoms with Crippen LogP contribution in [0, 0.1) is 0 Å². The fourth-order valence-corrected chi connectivity index (χ4v) is 3.15. The summed E-state index contributed by atoms with van der Waals surface area (Å²) in [5.41, 5.74) is 2.34. The summed E-state index contributed by atoms with van der Waals surface area (Å²) in [6.45, 7) is 5.28. The average Bonchev–Trinajstić information content (AvgIpc) is 2.73. The van der Waals surface area contributed by atoms with Gasteiger partial charge in [0.15, 0.2) is 0 Å². The third-order valence-corrected chi connectivity index (χ3v) is 4.62. The quantitative estimate of drug-likeness (QED) is 0.774. The Balaban J connectivity index is 1.57. The Labute approximate surface area is 165 Å². The van der Waals surface area contributed by atoms with Gasteiger partial charge in [-0.2, -0.15) is 0 Å². The van der Waals surface area contributed by atoms with E-state index in [1.165, 1.54) is 5.56 Å². The topological polar surface area (TPSA) is 70.7 Å². The predicted octanol–water partition coefficient (Wildman–Crippen LogP) is 2.67. The number of morpholine rings is 1. The van der Waals surface area contributed by atoms with E-state index in [9.17, 15) is 9.59 Å². The lowest BCUT2D eigenvalue weighted by Crippen LogP contribution is -2.47. The van der Waals surface area contributed by atoms with E-state index in [4.69, 9.17) is 4.74 Å². The Morgan fingerprint density at radius 3 is 2.75 bits per heavy atom. The van der Waals surface area contributed by atoms with Crippen LogP contribution in [0.1, 0.15) is 29.3 Å². The Kier molecular flexibility index (Phi) is 7.17. The highest BCUT2D eigenvalue weighted by Crippen LogP contribution is 2.15. The molecule has 2 aromatic carbocycles. The Morgan fingerprint density at radius 2 is 1.96 bits per heavy atom. The zero-order valence-corrected chi connectivity index (χ0v) is 16.2. The van der Waals surface area contributed by atoms with Crippen molar-refractivity contribution in [1.82, 2.24) is 10.2 Å². The van der Waals surface area contributed by atoms with Gasteiger partial charge in [-0.15, -0.1) is 0 Å². The summed E-state index contributed by atoms with van der Waals surface area (Å²) >= 11 is 0. The smallest absolute Gasteiger partial charge is 0.254 e. The van der Waals surface area contributed by atoms with Crippen LogP contribution in [0.4, 0.5) is 5.69 Å². The molecule has 0 saturated carbocycles. The van der Waals surface area contributed by atoms with Crippen molar-refractivity contribution in [2.75, 3.05) is 31.6 Å². The molecule has 0 bridgehead atoms. The highest BCUT2D eigenvalue weighted by atomic mass is 16.5. The molecule has 3 rings (SSSR count). The van der Waals surface area contributed by atoms with Crippen LogP contribution < -0.4 is 10.6 Å². The van der Waals surface area contributed by atoms with Crippen LogP contribution in [0.25, 0.3) is 0 Å². The summed E-state index contributed by atoms with van der Waals surface area (Å²) in [4.78, 5) is 27.0. The number of ether oxygens (including phenoxy) is 1. The third-order valence-electron chi connectivity index (χ3n) is 4.62. The van der Waals surface area contributed by atoms with Gasteiger partial charge in [0.05, 0.1) is 6.61 Å². The number of anilines is 1. The highest BCUT2D eigenvalue weighted by Gasteiger charge is 2.26. The molecule has 1 fully saturated rings. The van der Waals surface area contributed by atoms with Crippen molar-refractivity contribution in [2.45, 2.75) is 26.0 Å². The molecule has 1 atom stereocenters. The second-order valence-electron chi connectivity index (χ2n) is 6.91. The van der Waals surface area contributed by atoms with Crippen molar-refractivity contribution in [2.24, 2.45) is 0 Å². The van der Waals surface area contributed by atoms with Gasteiger partial charge in [0.1, 0.15) is 6.10 Å². The Bertz CT molecular complexity index is 795. The molecule has 1 heterocycles. The van der Waals surface area contributed by atoms with Crippen LogP contribution in [0.15, 0.2) is 54.6 Å². The van der Waals surface area contributed by atoms with E-state index in [1.807, 2.05) is 25.1 Å². The maximum absolute atomic E-state index is 12.7. The van der Waals surface area contributed by atoms with Crippen LogP contribution in [0.2, 0.25) is 0 Å². The third kappa shape index (κ3) is 5.65. The highest BCUT2D eigenvalue weighted by molar-refractivity contribution is 5.98. The summed E-state index contributed by atoms with van der Waals surface area (Å²) in [5, 5.41) is 5.72. The predicted molar refractivity (Wildman–Crippen MR) is 109 cm³/mol. The van der Waals surface area contributed by atoms with Crippen LogP contribution >= 0.6 is 0 Å². The van der Waals surface area contributed by atoms with Gasteiger partial charge in [-0.25, -0.2) is 0 Å². The van der Waals surface area contributed by atoms with Gasteiger partial charge in [-0.1, -0.05) is 43.3 Å². The Morgan fingerprint density at radius 1 is 1.14 bits per heavy atom. The number of hydrogen-bond acceptors (Lipinski definition) is 4. The lowest BCUT2D eigenvalue weighted by atomic mass is 10.1. The summed E-state index contributed by atoms with van der Waals surface area (Å²) in [6.07, 6.45) is 0.343. The van der Waals surface area contributed by atoms with Crippen molar-refractivity contribution in [3.05, 3.63) is 65.7 Å². The van der Waals surface area contributed by atoms with Gasteiger partial charge >= 0.3 is 0 Å². The van der Waals surface area contributed by atoms with Crippen LogP contribution in [0.5, 0.6) is 0 Å². The standard InChI is InChI=1S/C22H27N3O3/c1-2-11-23-21(26)18-9-6-10-19(14-18)24-22(27)20-16-25(12-13-28-20)15-17-7-4-3-5-8-17/h3-10,14,20H,2,11-13,15-16H2,1H3,(H,23,26)(H,24,27). The average molecular weight is 381 g/mol. The summed E-state index contributed by atoms with van der Waals surface area (Å²) in [7, 11) is 0. The minimum atomic E-state index is -0.532. The van der Waals surface area contributed by atoms with Crippen LogP contribution in [0.3, 0.4) is 0 Å². The fraction of sp³-hybridized carbons (Fsp3) is 0.364. The van der Waals surface area contributed by atoms with E-state index in [0.717, 1.165) is 19.5 Å². The van der Waals surface area contributed by atoms with Gasteiger partial charge < -0.3 is 15.4 Å². The van der Waals surface area contributed by atoms with E-state index in [1.54, 1.807) is 24.3 Å². The number of benzene rings is 2. The molecular formula is C22H27N3O3. The van der Waals surface area contributed by atoms with Crippen molar-refractivity contribution >= 4 is 17.5 Å². The van der Waals surface area contributed by atoms with Crippen LogP contribution in [-0.4, -0.2) is 49.1 Å². The van der Waals surface area contributed by atoms with Gasteiger partial charge in [0.25, 0.3) is 11.8 Å². The number of rotatable bonds is 7. The lowest BCUT2D eigenvalue weighted by molar-refractivity contribution is -0.133. The number of carbonyl (C=O) groups excluding carboxylic acids is 2. The van der Waals surface area contributed by atoms with Crippen molar-refractivity contribution < 1.29 is 14.3 Å². The van der Waals surface area contributed by atoms with E-state index < -0.39 is 6.10 Å². The normalized spacial score (nSPS) is 17.1. The number of nitrogens with one attached hydrogen (secondary N) is 2. The van der Waals surface area contributed by atoms with E-state index >= 15 is 0 Å². The molecule has 148 valence electrons. The van der Waals surface area contributed by atoms with E-state index in [2.05, 4.69) is 27.7 Å². The monoisotopic (exact) mass is 381 g/mol. The molecule has 0 radical (unpaired) electrons. The minimum Gasteiger partial charge on any atom is -0.366 e. The molecule has 1 saturated heterocycles. The first kappa shape index (κ1) is 20.0. The second-order valence-corrected chi connectivity index (χ2v) is 6.91. The van der Waals surface area contributed by atoms with Crippen LogP contribution in [-0.2, 0) is 16.1 Å². The molecule has 0 spiro atoms. The van der Waals surface area contributed by atoms with E-state index in [0.29, 0.717) is 30.9 Å².